The van der Waals surface area contributed by atoms with Gasteiger partial charge in [-0.1, -0.05) is 26.0 Å². The number of fused-ring (bicyclic) bond motifs is 1. The van der Waals surface area contributed by atoms with Crippen molar-refractivity contribution in [1.29, 1.82) is 0 Å². The van der Waals surface area contributed by atoms with Crippen LogP contribution in [-0.2, 0) is 24.3 Å². The zero-order chi connectivity index (χ0) is 21.7. The first-order valence-corrected chi connectivity index (χ1v) is 11.2. The summed E-state index contributed by atoms with van der Waals surface area (Å²) < 4.78 is 2.19. The monoisotopic (exact) mass is 412 g/mol. The van der Waals surface area contributed by atoms with Crippen LogP contribution < -0.4 is 10.2 Å². The lowest BCUT2D eigenvalue weighted by atomic mass is 10.1. The molecule has 0 saturated heterocycles. The van der Waals surface area contributed by atoms with Gasteiger partial charge in [0.05, 0.1) is 6.04 Å². The molecule has 1 atom stereocenters. The first-order chi connectivity index (χ1) is 14.4. The molecule has 2 heterocycles. The van der Waals surface area contributed by atoms with Gasteiger partial charge in [-0.15, -0.1) is 10.2 Å². The molecule has 1 aliphatic rings. The molecule has 3 rings (SSSR count). The summed E-state index contributed by atoms with van der Waals surface area (Å²) in [7, 11) is 0. The second-order valence-electron chi connectivity index (χ2n) is 8.38. The minimum Gasteiger partial charge on any atom is -0.372 e. The maximum absolute atomic E-state index is 12.1. The third-order valence-corrected chi connectivity index (χ3v) is 5.89. The molecule has 7 nitrogen and oxygen atoms in total. The number of anilines is 1. The molecule has 7 heteroatoms. The van der Waals surface area contributed by atoms with Crippen LogP contribution in [-0.4, -0.2) is 51.8 Å². The van der Waals surface area contributed by atoms with Crippen LogP contribution in [0, 0.1) is 5.92 Å². The summed E-state index contributed by atoms with van der Waals surface area (Å²) in [4.78, 5) is 16.9. The fourth-order valence-corrected chi connectivity index (χ4v) is 3.97. The molecule has 164 valence electrons. The van der Waals surface area contributed by atoms with Crippen molar-refractivity contribution in [1.82, 2.24) is 25.0 Å². The van der Waals surface area contributed by atoms with Gasteiger partial charge in [0.1, 0.15) is 5.82 Å². The van der Waals surface area contributed by atoms with E-state index in [0.29, 0.717) is 0 Å². The largest absolute Gasteiger partial charge is 0.372 e. The lowest BCUT2D eigenvalue weighted by molar-refractivity contribution is -0.124. The van der Waals surface area contributed by atoms with Crippen molar-refractivity contribution in [3.05, 3.63) is 41.5 Å². The number of nitrogens with one attached hydrogen (secondary N) is 1. The smallest absolute Gasteiger partial charge is 0.223 e. The van der Waals surface area contributed by atoms with E-state index in [1.165, 1.54) is 11.3 Å². The maximum Gasteiger partial charge on any atom is 0.223 e. The lowest BCUT2D eigenvalue weighted by Gasteiger charge is -2.23. The Labute approximate surface area is 180 Å². The molecule has 0 aliphatic carbocycles. The van der Waals surface area contributed by atoms with Crippen LogP contribution in [0.3, 0.4) is 0 Å². The SMILES string of the molecule is CCN(CC)c1ccc(CN2CCc3nnc([C@H](C)NC(=O)C(C)C)n3CC2)cc1. The molecule has 0 spiro atoms. The number of hydrogen-bond donors (Lipinski definition) is 1. The predicted octanol–water partition coefficient (Wildman–Crippen LogP) is 3.02. The summed E-state index contributed by atoms with van der Waals surface area (Å²) in [6.07, 6.45) is 0.870. The quantitative estimate of drug-likeness (QED) is 0.722. The Morgan fingerprint density at radius 2 is 1.77 bits per heavy atom. The van der Waals surface area contributed by atoms with Crippen molar-refractivity contribution in [2.24, 2.45) is 5.92 Å². The topological polar surface area (TPSA) is 66.3 Å². The summed E-state index contributed by atoms with van der Waals surface area (Å²) in [5, 5.41) is 11.8. The summed E-state index contributed by atoms with van der Waals surface area (Å²) in [5.74, 6) is 1.87. The van der Waals surface area contributed by atoms with E-state index in [-0.39, 0.29) is 17.9 Å². The normalized spacial score (nSPS) is 15.5. The van der Waals surface area contributed by atoms with Gasteiger partial charge in [-0.2, -0.15) is 0 Å². The predicted molar refractivity (Wildman–Crippen MR) is 120 cm³/mol. The zero-order valence-corrected chi connectivity index (χ0v) is 19.1. The second-order valence-corrected chi connectivity index (χ2v) is 8.38. The van der Waals surface area contributed by atoms with Gasteiger partial charge in [-0.3, -0.25) is 9.69 Å². The zero-order valence-electron chi connectivity index (χ0n) is 19.1. The molecule has 1 aliphatic heterocycles. The van der Waals surface area contributed by atoms with Crippen molar-refractivity contribution in [2.75, 3.05) is 31.1 Å². The van der Waals surface area contributed by atoms with E-state index >= 15 is 0 Å². The highest BCUT2D eigenvalue weighted by molar-refractivity contribution is 5.78. The van der Waals surface area contributed by atoms with Crippen LogP contribution in [0.15, 0.2) is 24.3 Å². The van der Waals surface area contributed by atoms with E-state index in [1.807, 2.05) is 20.8 Å². The summed E-state index contributed by atoms with van der Waals surface area (Å²) in [6, 6.07) is 8.81. The molecule has 2 aromatic rings. The lowest BCUT2D eigenvalue weighted by Crippen LogP contribution is -2.32. The van der Waals surface area contributed by atoms with Crippen molar-refractivity contribution in [2.45, 2.75) is 60.2 Å². The van der Waals surface area contributed by atoms with Gasteiger partial charge in [0.15, 0.2) is 5.82 Å². The molecular formula is C23H36N6O. The number of carbonyl (C=O) groups excluding carboxylic acids is 1. The minimum atomic E-state index is -0.139. The van der Waals surface area contributed by atoms with Crippen molar-refractivity contribution in [3.63, 3.8) is 0 Å². The van der Waals surface area contributed by atoms with Crippen LogP contribution >= 0.6 is 0 Å². The van der Waals surface area contributed by atoms with Crippen LogP contribution in [0.5, 0.6) is 0 Å². The fraction of sp³-hybridized carbons (Fsp3) is 0.609. The third kappa shape index (κ3) is 5.19. The molecule has 0 bridgehead atoms. The van der Waals surface area contributed by atoms with Gasteiger partial charge in [-0.05, 0) is 38.5 Å². The standard InChI is InChI=1S/C23H36N6O/c1-6-28(7-2)20-10-8-19(9-11-20)16-27-13-12-21-25-26-22(29(21)15-14-27)18(5)24-23(30)17(3)4/h8-11,17-18H,6-7,12-16H2,1-5H3,(H,24,30)/t18-/m0/s1. The third-order valence-electron chi connectivity index (χ3n) is 5.89. The highest BCUT2D eigenvalue weighted by atomic mass is 16.1. The first kappa shape index (κ1) is 22.3. The molecule has 1 aromatic heterocycles. The van der Waals surface area contributed by atoms with Gasteiger partial charge in [0.2, 0.25) is 5.91 Å². The molecule has 0 unspecified atom stereocenters. The molecule has 30 heavy (non-hydrogen) atoms. The van der Waals surface area contributed by atoms with E-state index < -0.39 is 0 Å². The van der Waals surface area contributed by atoms with E-state index in [0.717, 1.165) is 57.3 Å². The number of nitrogens with zero attached hydrogens (tertiary/aromatic N) is 5. The van der Waals surface area contributed by atoms with Crippen LogP contribution in [0.4, 0.5) is 5.69 Å². The Bertz CT molecular complexity index is 825. The second kappa shape index (κ2) is 10.1. The average Bonchev–Trinajstić information content (AvgIpc) is 3.04. The van der Waals surface area contributed by atoms with Gasteiger partial charge in [-0.25, -0.2) is 0 Å². The van der Waals surface area contributed by atoms with Crippen molar-refractivity contribution in [3.8, 4) is 0 Å². The van der Waals surface area contributed by atoms with E-state index in [2.05, 4.69) is 68.0 Å². The fourth-order valence-electron chi connectivity index (χ4n) is 3.97. The Hall–Kier alpha value is -2.41. The molecule has 0 radical (unpaired) electrons. The first-order valence-electron chi connectivity index (χ1n) is 11.2. The van der Waals surface area contributed by atoms with Crippen molar-refractivity contribution < 1.29 is 4.79 Å². The minimum absolute atomic E-state index is 0.0393. The Balaban J connectivity index is 1.62. The number of carbonyl (C=O) groups is 1. The van der Waals surface area contributed by atoms with Gasteiger partial charge in [0, 0.05) is 57.3 Å². The van der Waals surface area contributed by atoms with Gasteiger partial charge < -0.3 is 14.8 Å². The van der Waals surface area contributed by atoms with E-state index in [1.54, 1.807) is 0 Å². The highest BCUT2D eigenvalue weighted by Gasteiger charge is 2.23. The molecule has 0 saturated carbocycles. The molecule has 1 aromatic carbocycles. The van der Waals surface area contributed by atoms with E-state index in [4.69, 9.17) is 0 Å². The highest BCUT2D eigenvalue weighted by Crippen LogP contribution is 2.19. The Morgan fingerprint density at radius 1 is 1.07 bits per heavy atom. The molecule has 1 amide bonds. The van der Waals surface area contributed by atoms with Crippen molar-refractivity contribution >= 4 is 11.6 Å². The average molecular weight is 413 g/mol. The molecular weight excluding hydrogens is 376 g/mol. The number of rotatable bonds is 8. The van der Waals surface area contributed by atoms with E-state index in [9.17, 15) is 4.79 Å². The molecule has 0 fully saturated rings. The number of benzene rings is 1. The van der Waals surface area contributed by atoms with Gasteiger partial charge in [0.25, 0.3) is 0 Å². The Morgan fingerprint density at radius 3 is 2.40 bits per heavy atom. The summed E-state index contributed by atoms with van der Waals surface area (Å²) in [5.41, 5.74) is 2.62. The van der Waals surface area contributed by atoms with Gasteiger partial charge >= 0.3 is 0 Å². The number of aromatic nitrogens is 3. The molecule has 1 N–H and O–H groups in total. The summed E-state index contributed by atoms with van der Waals surface area (Å²) >= 11 is 0. The van der Waals surface area contributed by atoms with Crippen LogP contribution in [0.1, 0.15) is 57.9 Å². The Kier molecular flexibility index (Phi) is 7.48. The number of amides is 1. The maximum atomic E-state index is 12.1. The van der Waals surface area contributed by atoms with Crippen LogP contribution in [0.2, 0.25) is 0 Å². The summed E-state index contributed by atoms with van der Waals surface area (Å²) in [6.45, 7) is 15.9. The van der Waals surface area contributed by atoms with Crippen LogP contribution in [0.25, 0.3) is 0 Å². The number of hydrogen-bond acceptors (Lipinski definition) is 5.